The zero-order valence-corrected chi connectivity index (χ0v) is 6.46. The fourth-order valence-electron chi connectivity index (χ4n) is 1.06. The molecular formula is C7H13NO2. The standard InChI is InChI=1S/C7H13NO2/c1-8(2)7(9)6-4-3-5-10-6/h6H,3-5H2,1-2H3. The lowest BCUT2D eigenvalue weighted by Crippen LogP contribution is -2.32. The van der Waals surface area contributed by atoms with Crippen LogP contribution in [-0.4, -0.2) is 37.6 Å². The molecule has 1 amide bonds. The number of hydrogen-bond acceptors (Lipinski definition) is 2. The Morgan fingerprint density at radius 1 is 1.60 bits per heavy atom. The zero-order valence-electron chi connectivity index (χ0n) is 6.46. The van der Waals surface area contributed by atoms with E-state index in [0.717, 1.165) is 19.4 Å². The van der Waals surface area contributed by atoms with Crippen molar-refractivity contribution in [2.24, 2.45) is 0 Å². The number of hydrogen-bond donors (Lipinski definition) is 0. The van der Waals surface area contributed by atoms with Gasteiger partial charge in [-0.25, -0.2) is 0 Å². The maximum Gasteiger partial charge on any atom is 0.251 e. The lowest BCUT2D eigenvalue weighted by Gasteiger charge is -2.14. The van der Waals surface area contributed by atoms with E-state index in [-0.39, 0.29) is 12.0 Å². The lowest BCUT2D eigenvalue weighted by atomic mass is 10.2. The van der Waals surface area contributed by atoms with Crippen molar-refractivity contribution < 1.29 is 9.53 Å². The van der Waals surface area contributed by atoms with Crippen molar-refractivity contribution in [3.63, 3.8) is 0 Å². The Morgan fingerprint density at radius 3 is 2.70 bits per heavy atom. The first-order chi connectivity index (χ1) is 4.72. The Bertz CT molecular complexity index is 128. The average Bonchev–Trinajstić information content (AvgIpc) is 2.36. The minimum absolute atomic E-state index is 0.0949. The SMILES string of the molecule is CN(C)C(=O)C1CCCO1. The first-order valence-electron chi connectivity index (χ1n) is 3.54. The van der Waals surface area contributed by atoms with Crippen molar-refractivity contribution in [3.05, 3.63) is 0 Å². The molecule has 3 heteroatoms. The zero-order chi connectivity index (χ0) is 7.56. The van der Waals surface area contributed by atoms with Crippen LogP contribution in [0, 0.1) is 0 Å². The van der Waals surface area contributed by atoms with Gasteiger partial charge in [-0.1, -0.05) is 0 Å². The highest BCUT2D eigenvalue weighted by molar-refractivity contribution is 5.80. The van der Waals surface area contributed by atoms with Gasteiger partial charge in [-0.2, -0.15) is 0 Å². The third kappa shape index (κ3) is 1.48. The number of carbonyl (C=O) groups is 1. The van der Waals surface area contributed by atoms with Gasteiger partial charge in [0.15, 0.2) is 0 Å². The summed E-state index contributed by atoms with van der Waals surface area (Å²) in [6.07, 6.45) is 1.75. The van der Waals surface area contributed by atoms with Gasteiger partial charge in [-0.15, -0.1) is 0 Å². The van der Waals surface area contributed by atoms with Crippen LogP contribution < -0.4 is 0 Å². The normalized spacial score (nSPS) is 24.8. The third-order valence-corrected chi connectivity index (χ3v) is 1.65. The van der Waals surface area contributed by atoms with E-state index in [9.17, 15) is 4.79 Å². The number of likely N-dealkylation sites (N-methyl/N-ethyl adjacent to an activating group) is 1. The predicted octanol–water partition coefficient (Wildman–Crippen LogP) is 0.254. The Morgan fingerprint density at radius 2 is 2.30 bits per heavy atom. The summed E-state index contributed by atoms with van der Waals surface area (Å²) >= 11 is 0. The number of rotatable bonds is 1. The van der Waals surface area contributed by atoms with E-state index in [0.29, 0.717) is 0 Å². The third-order valence-electron chi connectivity index (χ3n) is 1.65. The van der Waals surface area contributed by atoms with E-state index in [1.165, 1.54) is 0 Å². The molecule has 0 N–H and O–H groups in total. The summed E-state index contributed by atoms with van der Waals surface area (Å²) < 4.78 is 5.18. The minimum atomic E-state index is -0.157. The Labute approximate surface area is 61.0 Å². The molecule has 1 aliphatic heterocycles. The van der Waals surface area contributed by atoms with Crippen molar-refractivity contribution in [1.82, 2.24) is 4.90 Å². The molecule has 0 spiro atoms. The van der Waals surface area contributed by atoms with E-state index in [1.54, 1.807) is 19.0 Å². The van der Waals surface area contributed by atoms with E-state index >= 15 is 0 Å². The first-order valence-corrected chi connectivity index (χ1v) is 3.54. The summed E-state index contributed by atoms with van der Waals surface area (Å²) in [4.78, 5) is 12.7. The Kier molecular flexibility index (Phi) is 2.27. The lowest BCUT2D eigenvalue weighted by molar-refractivity contribution is -0.138. The van der Waals surface area contributed by atoms with Crippen LogP contribution in [0.1, 0.15) is 12.8 Å². The summed E-state index contributed by atoms with van der Waals surface area (Å²) in [5.74, 6) is 0.0949. The molecule has 1 unspecified atom stereocenters. The topological polar surface area (TPSA) is 29.5 Å². The van der Waals surface area contributed by atoms with Gasteiger partial charge in [0.25, 0.3) is 5.91 Å². The van der Waals surface area contributed by atoms with Gasteiger partial charge < -0.3 is 9.64 Å². The van der Waals surface area contributed by atoms with Gasteiger partial charge in [0.05, 0.1) is 0 Å². The first kappa shape index (κ1) is 7.54. The van der Waals surface area contributed by atoms with Crippen LogP contribution in [0.2, 0.25) is 0 Å². The molecule has 1 heterocycles. The van der Waals surface area contributed by atoms with E-state index < -0.39 is 0 Å². The second-order valence-corrected chi connectivity index (χ2v) is 2.73. The smallest absolute Gasteiger partial charge is 0.251 e. The maximum absolute atomic E-state index is 11.1. The molecule has 1 aliphatic rings. The molecule has 1 fully saturated rings. The molecule has 0 radical (unpaired) electrons. The number of ether oxygens (including phenoxy) is 1. The Hall–Kier alpha value is -0.570. The highest BCUT2D eigenvalue weighted by Crippen LogP contribution is 2.12. The van der Waals surface area contributed by atoms with E-state index in [4.69, 9.17) is 4.74 Å². The number of nitrogens with zero attached hydrogens (tertiary/aromatic N) is 1. The van der Waals surface area contributed by atoms with Crippen LogP contribution in [0.25, 0.3) is 0 Å². The highest BCUT2D eigenvalue weighted by atomic mass is 16.5. The largest absolute Gasteiger partial charge is 0.368 e. The quantitative estimate of drug-likeness (QED) is 0.526. The van der Waals surface area contributed by atoms with Crippen LogP contribution in [0.15, 0.2) is 0 Å². The molecule has 0 aromatic heterocycles. The molecule has 0 aliphatic carbocycles. The highest BCUT2D eigenvalue weighted by Gasteiger charge is 2.24. The van der Waals surface area contributed by atoms with Gasteiger partial charge in [0.1, 0.15) is 6.10 Å². The second kappa shape index (κ2) is 3.01. The van der Waals surface area contributed by atoms with Gasteiger partial charge in [0, 0.05) is 20.7 Å². The van der Waals surface area contributed by atoms with Crippen molar-refractivity contribution in [3.8, 4) is 0 Å². The van der Waals surface area contributed by atoms with Crippen LogP contribution in [0.5, 0.6) is 0 Å². The molecule has 0 saturated carbocycles. The van der Waals surface area contributed by atoms with Crippen molar-refractivity contribution in [1.29, 1.82) is 0 Å². The molecule has 3 nitrogen and oxygen atoms in total. The van der Waals surface area contributed by atoms with Crippen LogP contribution >= 0.6 is 0 Å². The summed E-state index contributed by atoms with van der Waals surface area (Å²) in [6, 6.07) is 0. The van der Waals surface area contributed by atoms with Crippen LogP contribution in [0.4, 0.5) is 0 Å². The molecule has 10 heavy (non-hydrogen) atoms. The molecular weight excluding hydrogens is 130 g/mol. The molecule has 58 valence electrons. The Balaban J connectivity index is 2.40. The fraction of sp³-hybridized carbons (Fsp3) is 0.857. The molecule has 1 saturated heterocycles. The summed E-state index contributed by atoms with van der Waals surface area (Å²) in [7, 11) is 3.51. The van der Waals surface area contributed by atoms with Gasteiger partial charge in [0.2, 0.25) is 0 Å². The average molecular weight is 143 g/mol. The van der Waals surface area contributed by atoms with Gasteiger partial charge in [-0.3, -0.25) is 4.79 Å². The van der Waals surface area contributed by atoms with Crippen LogP contribution in [0.3, 0.4) is 0 Å². The number of carbonyl (C=O) groups excluding carboxylic acids is 1. The predicted molar refractivity (Wildman–Crippen MR) is 37.7 cm³/mol. The summed E-state index contributed by atoms with van der Waals surface area (Å²) in [5.41, 5.74) is 0. The van der Waals surface area contributed by atoms with Crippen molar-refractivity contribution in [2.45, 2.75) is 18.9 Å². The fourth-order valence-corrected chi connectivity index (χ4v) is 1.06. The molecule has 0 aromatic rings. The van der Waals surface area contributed by atoms with Crippen molar-refractivity contribution >= 4 is 5.91 Å². The number of amides is 1. The van der Waals surface area contributed by atoms with Crippen LogP contribution in [-0.2, 0) is 9.53 Å². The maximum atomic E-state index is 11.1. The van der Waals surface area contributed by atoms with Gasteiger partial charge >= 0.3 is 0 Å². The summed E-state index contributed by atoms with van der Waals surface area (Å²) in [5, 5.41) is 0. The second-order valence-electron chi connectivity index (χ2n) is 2.73. The minimum Gasteiger partial charge on any atom is -0.368 e. The molecule has 0 bridgehead atoms. The monoisotopic (exact) mass is 143 g/mol. The van der Waals surface area contributed by atoms with Gasteiger partial charge in [-0.05, 0) is 12.8 Å². The molecule has 1 atom stereocenters. The van der Waals surface area contributed by atoms with E-state index in [1.807, 2.05) is 0 Å². The van der Waals surface area contributed by atoms with E-state index in [2.05, 4.69) is 0 Å². The molecule has 0 aromatic carbocycles. The molecule has 1 rings (SSSR count). The van der Waals surface area contributed by atoms with Crippen molar-refractivity contribution in [2.75, 3.05) is 20.7 Å². The summed E-state index contributed by atoms with van der Waals surface area (Å²) in [6.45, 7) is 0.740.